The lowest BCUT2D eigenvalue weighted by atomic mass is 10.2. The summed E-state index contributed by atoms with van der Waals surface area (Å²) in [6.07, 6.45) is 0. The van der Waals surface area contributed by atoms with Crippen LogP contribution in [0.4, 0.5) is 11.4 Å². The molecule has 0 aliphatic carbocycles. The van der Waals surface area contributed by atoms with E-state index in [2.05, 4.69) is 5.32 Å². The number of anilines is 2. The molecular formula is C27H22Cl2N2O5S. The highest BCUT2D eigenvalue weighted by Gasteiger charge is 2.28. The molecule has 0 aromatic heterocycles. The van der Waals surface area contributed by atoms with Gasteiger partial charge in [0, 0.05) is 10.0 Å². The number of carbonyl (C=O) groups is 1. The van der Waals surface area contributed by atoms with Crippen molar-refractivity contribution in [2.24, 2.45) is 0 Å². The summed E-state index contributed by atoms with van der Waals surface area (Å²) in [5.74, 6) is 0.805. The van der Waals surface area contributed by atoms with Gasteiger partial charge in [-0.15, -0.1) is 0 Å². The molecular weight excluding hydrogens is 535 g/mol. The van der Waals surface area contributed by atoms with Crippen LogP contribution >= 0.6 is 23.2 Å². The van der Waals surface area contributed by atoms with Crippen molar-refractivity contribution in [1.82, 2.24) is 0 Å². The summed E-state index contributed by atoms with van der Waals surface area (Å²) in [5, 5.41) is 3.52. The van der Waals surface area contributed by atoms with E-state index in [4.69, 9.17) is 32.7 Å². The minimum Gasteiger partial charge on any atom is -0.497 e. The maximum absolute atomic E-state index is 13.6. The average molecular weight is 557 g/mol. The topological polar surface area (TPSA) is 84.9 Å². The molecule has 10 heteroatoms. The van der Waals surface area contributed by atoms with Gasteiger partial charge in [0.25, 0.3) is 10.0 Å². The minimum atomic E-state index is -4.13. The maximum Gasteiger partial charge on any atom is 0.264 e. The molecule has 0 saturated carbocycles. The maximum atomic E-state index is 13.6. The number of benzene rings is 4. The summed E-state index contributed by atoms with van der Waals surface area (Å²) >= 11 is 12.2. The molecule has 0 unspecified atom stereocenters. The summed E-state index contributed by atoms with van der Waals surface area (Å²) in [6, 6.07) is 25.9. The van der Waals surface area contributed by atoms with Crippen LogP contribution in [0.5, 0.6) is 17.2 Å². The fourth-order valence-corrected chi connectivity index (χ4v) is 5.14. The Balaban J connectivity index is 1.63. The number of rotatable bonds is 9. The molecule has 7 nitrogen and oxygen atoms in total. The van der Waals surface area contributed by atoms with Crippen LogP contribution in [0.25, 0.3) is 0 Å². The van der Waals surface area contributed by atoms with E-state index in [0.29, 0.717) is 33.0 Å². The Morgan fingerprint density at radius 1 is 0.838 bits per heavy atom. The molecule has 1 N–H and O–H groups in total. The van der Waals surface area contributed by atoms with Crippen molar-refractivity contribution in [2.75, 3.05) is 23.3 Å². The normalized spacial score (nSPS) is 11.0. The van der Waals surface area contributed by atoms with Crippen LogP contribution in [0, 0.1) is 0 Å². The summed E-state index contributed by atoms with van der Waals surface area (Å²) in [7, 11) is -2.64. The second kappa shape index (κ2) is 11.6. The molecule has 0 bridgehead atoms. The van der Waals surface area contributed by atoms with Gasteiger partial charge in [-0.05, 0) is 78.9 Å². The Kier molecular flexibility index (Phi) is 8.23. The number of ether oxygens (including phenoxy) is 2. The second-order valence-electron chi connectivity index (χ2n) is 7.77. The van der Waals surface area contributed by atoms with Gasteiger partial charge >= 0.3 is 0 Å². The van der Waals surface area contributed by atoms with Crippen molar-refractivity contribution in [3.8, 4) is 17.2 Å². The molecule has 0 fully saturated rings. The Morgan fingerprint density at radius 3 is 2.14 bits per heavy atom. The molecule has 0 saturated heterocycles. The van der Waals surface area contributed by atoms with Crippen LogP contribution in [-0.4, -0.2) is 28.0 Å². The quantitative estimate of drug-likeness (QED) is 0.250. The zero-order valence-corrected chi connectivity index (χ0v) is 21.9. The standard InChI is InChI=1S/C27H22Cl2N2O5S/c1-35-22-12-14-24(15-13-22)37(33,34)31(21-10-7-19(28)8-11-21)18-27(32)30-25-17-20(29)9-16-26(25)36-23-5-3-2-4-6-23/h2-17H,18H2,1H3,(H,30,32). The van der Waals surface area contributed by atoms with Gasteiger partial charge in [0.15, 0.2) is 5.75 Å². The van der Waals surface area contributed by atoms with Crippen molar-refractivity contribution in [1.29, 1.82) is 0 Å². The zero-order chi connectivity index (χ0) is 26.4. The van der Waals surface area contributed by atoms with Gasteiger partial charge in [0.05, 0.1) is 23.4 Å². The van der Waals surface area contributed by atoms with E-state index in [1.165, 1.54) is 49.6 Å². The monoisotopic (exact) mass is 556 g/mol. The first-order valence-electron chi connectivity index (χ1n) is 11.0. The predicted molar refractivity (Wildman–Crippen MR) is 146 cm³/mol. The van der Waals surface area contributed by atoms with E-state index in [9.17, 15) is 13.2 Å². The Labute approximate surface area is 225 Å². The molecule has 4 aromatic rings. The van der Waals surface area contributed by atoms with Gasteiger partial charge in [-0.1, -0.05) is 41.4 Å². The van der Waals surface area contributed by atoms with Crippen molar-refractivity contribution in [3.05, 3.63) is 107 Å². The number of para-hydroxylation sites is 1. The van der Waals surface area contributed by atoms with E-state index in [1.807, 2.05) is 18.2 Å². The largest absolute Gasteiger partial charge is 0.497 e. The van der Waals surface area contributed by atoms with Gasteiger partial charge in [0.1, 0.15) is 18.0 Å². The number of hydrogen-bond acceptors (Lipinski definition) is 5. The number of halogens is 2. The van der Waals surface area contributed by atoms with Crippen LogP contribution in [0.3, 0.4) is 0 Å². The minimum absolute atomic E-state index is 0.00749. The molecule has 0 spiro atoms. The molecule has 0 heterocycles. The van der Waals surface area contributed by atoms with Gasteiger partial charge < -0.3 is 14.8 Å². The summed E-state index contributed by atoms with van der Waals surface area (Å²) in [6.45, 7) is -0.521. The van der Waals surface area contributed by atoms with E-state index in [-0.39, 0.29) is 10.6 Å². The van der Waals surface area contributed by atoms with Crippen molar-refractivity contribution >= 4 is 50.5 Å². The van der Waals surface area contributed by atoms with E-state index >= 15 is 0 Å². The van der Waals surface area contributed by atoms with Crippen LogP contribution < -0.4 is 19.1 Å². The lowest BCUT2D eigenvalue weighted by Gasteiger charge is -2.24. The molecule has 4 rings (SSSR count). The number of hydrogen-bond donors (Lipinski definition) is 1. The summed E-state index contributed by atoms with van der Waals surface area (Å²) in [5.41, 5.74) is 0.557. The lowest BCUT2D eigenvalue weighted by molar-refractivity contribution is -0.114. The number of nitrogens with one attached hydrogen (secondary N) is 1. The van der Waals surface area contributed by atoms with Crippen molar-refractivity contribution in [2.45, 2.75) is 4.90 Å². The fourth-order valence-electron chi connectivity index (χ4n) is 3.42. The number of sulfonamides is 1. The molecule has 0 aliphatic heterocycles. The average Bonchev–Trinajstić information content (AvgIpc) is 2.90. The Bertz CT molecular complexity index is 1480. The van der Waals surface area contributed by atoms with Crippen molar-refractivity contribution < 1.29 is 22.7 Å². The second-order valence-corrected chi connectivity index (χ2v) is 10.5. The van der Waals surface area contributed by atoms with Crippen LogP contribution in [-0.2, 0) is 14.8 Å². The van der Waals surface area contributed by atoms with Crippen LogP contribution in [0.1, 0.15) is 0 Å². The number of methoxy groups -OCH3 is 1. The highest BCUT2D eigenvalue weighted by Crippen LogP contribution is 2.32. The predicted octanol–water partition coefficient (Wildman–Crippen LogP) is 6.63. The number of amides is 1. The van der Waals surface area contributed by atoms with Gasteiger partial charge in [0.2, 0.25) is 5.91 Å². The first-order chi connectivity index (χ1) is 17.8. The highest BCUT2D eigenvalue weighted by atomic mass is 35.5. The van der Waals surface area contributed by atoms with E-state index in [0.717, 1.165) is 4.31 Å². The molecule has 4 aromatic carbocycles. The third-order valence-electron chi connectivity index (χ3n) is 5.24. The highest BCUT2D eigenvalue weighted by molar-refractivity contribution is 7.92. The molecule has 190 valence electrons. The van der Waals surface area contributed by atoms with Crippen LogP contribution in [0.15, 0.2) is 102 Å². The first kappa shape index (κ1) is 26.3. The molecule has 0 aliphatic rings. The Morgan fingerprint density at radius 2 is 1.49 bits per heavy atom. The summed E-state index contributed by atoms with van der Waals surface area (Å²) < 4.78 is 39.2. The third-order valence-corrected chi connectivity index (χ3v) is 7.51. The SMILES string of the molecule is COc1ccc(S(=O)(=O)N(CC(=O)Nc2cc(Cl)ccc2Oc2ccccc2)c2ccc(Cl)cc2)cc1. The van der Waals surface area contributed by atoms with Gasteiger partial charge in [-0.2, -0.15) is 0 Å². The molecule has 0 radical (unpaired) electrons. The smallest absolute Gasteiger partial charge is 0.264 e. The fraction of sp³-hybridized carbons (Fsp3) is 0.0741. The van der Waals surface area contributed by atoms with E-state index in [1.54, 1.807) is 36.4 Å². The van der Waals surface area contributed by atoms with Crippen LogP contribution in [0.2, 0.25) is 10.0 Å². The third kappa shape index (κ3) is 6.54. The van der Waals surface area contributed by atoms with Crippen molar-refractivity contribution in [3.63, 3.8) is 0 Å². The molecule has 0 atom stereocenters. The lowest BCUT2D eigenvalue weighted by Crippen LogP contribution is -2.38. The number of carbonyl (C=O) groups excluding carboxylic acids is 1. The Hall–Kier alpha value is -3.72. The van der Waals surface area contributed by atoms with Gasteiger partial charge in [-0.3, -0.25) is 9.10 Å². The summed E-state index contributed by atoms with van der Waals surface area (Å²) in [4.78, 5) is 13.2. The number of nitrogens with zero attached hydrogens (tertiary/aromatic N) is 1. The zero-order valence-electron chi connectivity index (χ0n) is 19.6. The molecule has 37 heavy (non-hydrogen) atoms. The van der Waals surface area contributed by atoms with Gasteiger partial charge in [-0.25, -0.2) is 8.42 Å². The van der Waals surface area contributed by atoms with E-state index < -0.39 is 22.5 Å². The first-order valence-corrected chi connectivity index (χ1v) is 13.2. The molecule has 1 amide bonds.